The van der Waals surface area contributed by atoms with Crippen LogP contribution in [0, 0.1) is 0 Å². The number of hydrogen-bond acceptors (Lipinski definition) is 4. The fraction of sp³-hybridized carbons (Fsp3) is 0.333. The summed E-state index contributed by atoms with van der Waals surface area (Å²) in [6.45, 7) is 3.65. The van der Waals surface area contributed by atoms with Gasteiger partial charge in [0, 0.05) is 41.5 Å². The lowest BCUT2D eigenvalue weighted by Gasteiger charge is -2.32. The molecule has 0 aliphatic carbocycles. The minimum Gasteiger partial charge on any atom is -0.486 e. The molecule has 38 heavy (non-hydrogen) atoms. The number of benzene rings is 3. The minimum absolute atomic E-state index is 0.121. The van der Waals surface area contributed by atoms with Gasteiger partial charge in [-0.25, -0.2) is 0 Å². The van der Waals surface area contributed by atoms with E-state index in [-0.39, 0.29) is 24.8 Å². The van der Waals surface area contributed by atoms with Crippen molar-refractivity contribution in [3.8, 4) is 11.5 Å². The summed E-state index contributed by atoms with van der Waals surface area (Å²) in [7, 11) is 0. The Kier molecular flexibility index (Phi) is 9.91. The molecule has 1 N–H and O–H groups in total. The number of fused-ring (bicyclic) bond motifs is 1. The molecular formula is C30H32Cl2N2O4. The summed E-state index contributed by atoms with van der Waals surface area (Å²) in [6, 6.07) is 19.9. The van der Waals surface area contributed by atoms with Crippen LogP contribution in [0.2, 0.25) is 10.0 Å². The van der Waals surface area contributed by atoms with Gasteiger partial charge < -0.3 is 19.7 Å². The van der Waals surface area contributed by atoms with Crippen LogP contribution in [0.25, 0.3) is 0 Å². The predicted molar refractivity (Wildman–Crippen MR) is 150 cm³/mol. The Balaban J connectivity index is 1.62. The highest BCUT2D eigenvalue weighted by molar-refractivity contribution is 6.36. The first kappa shape index (κ1) is 27.8. The number of nitrogens with zero attached hydrogens (tertiary/aromatic N) is 1. The van der Waals surface area contributed by atoms with E-state index in [2.05, 4.69) is 5.32 Å². The number of carbonyl (C=O) groups is 2. The lowest BCUT2D eigenvalue weighted by atomic mass is 10.0. The monoisotopic (exact) mass is 554 g/mol. The third kappa shape index (κ3) is 7.21. The maximum Gasteiger partial charge on any atom is 0.243 e. The SMILES string of the molecule is CCCNC(=O)[C@H](Cc1ccccc1)N(Cc1c(Cl)cccc1Cl)C(=O)CCc1ccc2c(c1)OCCO2. The van der Waals surface area contributed by atoms with Gasteiger partial charge in [-0.3, -0.25) is 9.59 Å². The van der Waals surface area contributed by atoms with Crippen LogP contribution in [0.3, 0.4) is 0 Å². The molecule has 1 aliphatic heterocycles. The van der Waals surface area contributed by atoms with E-state index in [1.165, 1.54) is 0 Å². The van der Waals surface area contributed by atoms with Gasteiger partial charge in [0.05, 0.1) is 0 Å². The van der Waals surface area contributed by atoms with E-state index in [9.17, 15) is 9.59 Å². The highest BCUT2D eigenvalue weighted by Gasteiger charge is 2.31. The van der Waals surface area contributed by atoms with Crippen LogP contribution in [0.15, 0.2) is 66.7 Å². The van der Waals surface area contributed by atoms with E-state index < -0.39 is 6.04 Å². The molecule has 1 atom stereocenters. The van der Waals surface area contributed by atoms with E-state index in [1.54, 1.807) is 23.1 Å². The lowest BCUT2D eigenvalue weighted by molar-refractivity contribution is -0.141. The van der Waals surface area contributed by atoms with Crippen LogP contribution in [0.5, 0.6) is 11.5 Å². The van der Waals surface area contributed by atoms with E-state index >= 15 is 0 Å². The summed E-state index contributed by atoms with van der Waals surface area (Å²) in [4.78, 5) is 28.9. The molecule has 200 valence electrons. The summed E-state index contributed by atoms with van der Waals surface area (Å²) in [5.41, 5.74) is 2.53. The van der Waals surface area contributed by atoms with E-state index in [1.807, 2.05) is 55.5 Å². The minimum atomic E-state index is -0.732. The molecular weight excluding hydrogens is 523 g/mol. The summed E-state index contributed by atoms with van der Waals surface area (Å²) in [6.07, 6.45) is 1.84. The maximum atomic E-state index is 13.8. The second-order valence-electron chi connectivity index (χ2n) is 9.20. The van der Waals surface area contributed by atoms with Crippen molar-refractivity contribution in [2.45, 2.75) is 45.2 Å². The molecule has 3 aromatic rings. The number of carbonyl (C=O) groups excluding carboxylic acids is 2. The van der Waals surface area contributed by atoms with Crippen LogP contribution < -0.4 is 14.8 Å². The molecule has 3 aromatic carbocycles. The standard InChI is InChI=1S/C30H32Cl2N2O4/c1-2-15-33-30(36)26(18-21-7-4-3-5-8-21)34(20-23-24(31)9-6-10-25(23)32)29(35)14-12-22-11-13-27-28(19-22)38-17-16-37-27/h3-11,13,19,26H,2,12,14-18,20H2,1H3,(H,33,36)/t26-/m0/s1. The van der Waals surface area contributed by atoms with Gasteiger partial charge in [0.2, 0.25) is 11.8 Å². The molecule has 0 saturated carbocycles. The summed E-state index contributed by atoms with van der Waals surface area (Å²) in [5, 5.41) is 3.89. The lowest BCUT2D eigenvalue weighted by Crippen LogP contribution is -2.50. The van der Waals surface area contributed by atoms with Crippen molar-refractivity contribution in [2.24, 2.45) is 0 Å². The third-order valence-electron chi connectivity index (χ3n) is 6.44. The van der Waals surface area contributed by atoms with Gasteiger partial charge in [0.15, 0.2) is 11.5 Å². The van der Waals surface area contributed by atoms with Gasteiger partial charge in [-0.05, 0) is 48.2 Å². The Hall–Kier alpha value is -3.22. The van der Waals surface area contributed by atoms with E-state index in [0.29, 0.717) is 59.7 Å². The summed E-state index contributed by atoms with van der Waals surface area (Å²) in [5.74, 6) is 1.02. The second-order valence-corrected chi connectivity index (χ2v) is 10.0. The number of ether oxygens (including phenoxy) is 2. The van der Waals surface area contributed by atoms with Gasteiger partial charge >= 0.3 is 0 Å². The predicted octanol–water partition coefficient (Wildman–Crippen LogP) is 5.86. The molecule has 2 amide bonds. The van der Waals surface area contributed by atoms with Crippen LogP contribution in [-0.2, 0) is 29.0 Å². The van der Waals surface area contributed by atoms with Gasteiger partial charge in [-0.2, -0.15) is 0 Å². The second kappa shape index (κ2) is 13.5. The van der Waals surface area contributed by atoms with Gasteiger partial charge in [0.25, 0.3) is 0 Å². The van der Waals surface area contributed by atoms with Crippen LogP contribution in [-0.4, -0.2) is 42.5 Å². The molecule has 0 unspecified atom stereocenters. The van der Waals surface area contributed by atoms with Crippen LogP contribution in [0.4, 0.5) is 0 Å². The number of rotatable bonds is 11. The average Bonchev–Trinajstić information content (AvgIpc) is 2.94. The number of nitrogens with one attached hydrogen (secondary N) is 1. The molecule has 6 nitrogen and oxygen atoms in total. The summed E-state index contributed by atoms with van der Waals surface area (Å²) >= 11 is 13.0. The Morgan fingerprint density at radius 3 is 2.34 bits per heavy atom. The number of amides is 2. The quantitative estimate of drug-likeness (QED) is 0.322. The molecule has 0 aromatic heterocycles. The summed E-state index contributed by atoms with van der Waals surface area (Å²) < 4.78 is 11.3. The molecule has 1 heterocycles. The molecule has 0 saturated heterocycles. The Morgan fingerprint density at radius 1 is 0.921 bits per heavy atom. The Morgan fingerprint density at radius 2 is 1.63 bits per heavy atom. The molecule has 0 radical (unpaired) electrons. The Labute approximate surface area is 233 Å². The number of hydrogen-bond donors (Lipinski definition) is 1. The van der Waals surface area contributed by atoms with Crippen LogP contribution in [0.1, 0.15) is 36.5 Å². The van der Waals surface area contributed by atoms with Crippen molar-refractivity contribution in [2.75, 3.05) is 19.8 Å². The van der Waals surface area contributed by atoms with Crippen molar-refractivity contribution >= 4 is 35.0 Å². The van der Waals surface area contributed by atoms with Crippen LogP contribution >= 0.6 is 23.2 Å². The molecule has 0 fully saturated rings. The fourth-order valence-electron chi connectivity index (χ4n) is 4.41. The zero-order chi connectivity index (χ0) is 26.9. The number of halogens is 2. The Bertz CT molecular complexity index is 1230. The molecule has 8 heteroatoms. The van der Waals surface area contributed by atoms with Crippen molar-refractivity contribution in [3.63, 3.8) is 0 Å². The van der Waals surface area contributed by atoms with Gasteiger partial charge in [-0.15, -0.1) is 0 Å². The first-order valence-electron chi connectivity index (χ1n) is 12.9. The van der Waals surface area contributed by atoms with Crippen molar-refractivity contribution in [1.82, 2.24) is 10.2 Å². The highest BCUT2D eigenvalue weighted by Crippen LogP contribution is 2.32. The molecule has 1 aliphatic rings. The maximum absolute atomic E-state index is 13.8. The first-order valence-corrected chi connectivity index (χ1v) is 13.6. The fourth-order valence-corrected chi connectivity index (χ4v) is 4.93. The smallest absolute Gasteiger partial charge is 0.243 e. The zero-order valence-corrected chi connectivity index (χ0v) is 22.9. The molecule has 0 bridgehead atoms. The normalized spacial score (nSPS) is 13.0. The highest BCUT2D eigenvalue weighted by atomic mass is 35.5. The number of aryl methyl sites for hydroxylation is 1. The zero-order valence-electron chi connectivity index (χ0n) is 21.4. The topological polar surface area (TPSA) is 67.9 Å². The third-order valence-corrected chi connectivity index (χ3v) is 7.15. The average molecular weight is 556 g/mol. The van der Waals surface area contributed by atoms with Crippen molar-refractivity contribution in [1.29, 1.82) is 0 Å². The largest absolute Gasteiger partial charge is 0.486 e. The van der Waals surface area contributed by atoms with Crippen molar-refractivity contribution in [3.05, 3.63) is 93.5 Å². The first-order chi connectivity index (χ1) is 18.5. The van der Waals surface area contributed by atoms with Crippen molar-refractivity contribution < 1.29 is 19.1 Å². The van der Waals surface area contributed by atoms with E-state index in [4.69, 9.17) is 32.7 Å². The molecule has 4 rings (SSSR count). The van der Waals surface area contributed by atoms with Gasteiger partial charge in [0.1, 0.15) is 19.3 Å². The molecule has 0 spiro atoms. The van der Waals surface area contributed by atoms with Gasteiger partial charge in [-0.1, -0.05) is 72.6 Å². The van der Waals surface area contributed by atoms with E-state index in [0.717, 1.165) is 17.5 Å².